The van der Waals surface area contributed by atoms with Gasteiger partial charge in [-0.15, -0.1) is 0 Å². The maximum Gasteiger partial charge on any atom is 0.147 e. The van der Waals surface area contributed by atoms with E-state index in [2.05, 4.69) is 0 Å². The first kappa shape index (κ1) is 13.2. The van der Waals surface area contributed by atoms with Crippen LogP contribution in [-0.4, -0.2) is 31.3 Å². The Hall–Kier alpha value is -1.20. The predicted octanol–water partition coefficient (Wildman–Crippen LogP) is 2.08. The third-order valence-corrected chi connectivity index (χ3v) is 3.59. The van der Waals surface area contributed by atoms with Crippen molar-refractivity contribution in [3.05, 3.63) is 29.6 Å². The van der Waals surface area contributed by atoms with Gasteiger partial charge in [0.05, 0.1) is 5.69 Å². The molecule has 98 valence electrons. The lowest BCUT2D eigenvalue weighted by atomic mass is 10.1. The quantitative estimate of drug-likeness (QED) is 0.852. The van der Waals surface area contributed by atoms with Crippen molar-refractivity contribution in [2.45, 2.75) is 18.9 Å². The Morgan fingerprint density at radius 1 is 1.44 bits per heavy atom. The highest BCUT2D eigenvalue weighted by molar-refractivity contribution is 7.80. The number of nitrogens with zero attached hydrogens (tertiary/aromatic N) is 1. The van der Waals surface area contributed by atoms with E-state index in [1.165, 1.54) is 6.07 Å². The number of thiocarbonyl (C=S) groups is 1. The number of benzene rings is 1. The maximum atomic E-state index is 14.0. The average molecular weight is 268 g/mol. The van der Waals surface area contributed by atoms with Crippen LogP contribution in [0.4, 0.5) is 10.1 Å². The minimum atomic E-state index is -0.283. The summed E-state index contributed by atoms with van der Waals surface area (Å²) in [6.07, 6.45) is 1.85. The standard InChI is InChI=1S/C13H17FN2OS/c1-16(10-4-6-17-7-5-10)12-3-2-9(13(15)18)8-11(12)14/h2-3,8,10H,4-7H2,1H3,(H2,15,18). The zero-order chi connectivity index (χ0) is 13.1. The minimum absolute atomic E-state index is 0.217. The molecule has 1 aromatic rings. The minimum Gasteiger partial charge on any atom is -0.389 e. The van der Waals surface area contributed by atoms with Crippen molar-refractivity contribution in [3.8, 4) is 0 Å². The molecule has 1 aromatic carbocycles. The Bertz CT molecular complexity index is 447. The van der Waals surface area contributed by atoms with E-state index in [9.17, 15) is 4.39 Å². The first-order valence-corrected chi connectivity index (χ1v) is 6.40. The number of ether oxygens (including phenoxy) is 1. The summed E-state index contributed by atoms with van der Waals surface area (Å²) >= 11 is 4.84. The zero-order valence-electron chi connectivity index (χ0n) is 10.4. The molecule has 0 saturated carbocycles. The van der Waals surface area contributed by atoms with Gasteiger partial charge in [-0.05, 0) is 31.0 Å². The van der Waals surface area contributed by atoms with Gasteiger partial charge < -0.3 is 15.4 Å². The Kier molecular flexibility index (Phi) is 4.14. The van der Waals surface area contributed by atoms with E-state index in [1.807, 2.05) is 11.9 Å². The molecule has 1 aliphatic heterocycles. The normalized spacial score (nSPS) is 16.6. The molecule has 1 heterocycles. The van der Waals surface area contributed by atoms with Crippen molar-refractivity contribution >= 4 is 22.9 Å². The first-order chi connectivity index (χ1) is 8.59. The molecule has 0 amide bonds. The smallest absolute Gasteiger partial charge is 0.147 e. The van der Waals surface area contributed by atoms with Crippen LogP contribution in [0.1, 0.15) is 18.4 Å². The molecule has 0 radical (unpaired) electrons. The van der Waals surface area contributed by atoms with E-state index in [-0.39, 0.29) is 10.8 Å². The Morgan fingerprint density at radius 3 is 2.67 bits per heavy atom. The van der Waals surface area contributed by atoms with Gasteiger partial charge in [-0.3, -0.25) is 0 Å². The molecule has 0 aliphatic carbocycles. The van der Waals surface area contributed by atoms with Crippen LogP contribution in [0.2, 0.25) is 0 Å². The largest absolute Gasteiger partial charge is 0.389 e. The molecule has 0 aromatic heterocycles. The van der Waals surface area contributed by atoms with E-state index in [1.54, 1.807) is 12.1 Å². The molecule has 0 atom stereocenters. The lowest BCUT2D eigenvalue weighted by Crippen LogP contribution is -2.37. The second-order valence-electron chi connectivity index (χ2n) is 4.48. The number of halogens is 1. The third kappa shape index (κ3) is 2.79. The number of rotatable bonds is 3. The van der Waals surface area contributed by atoms with Gasteiger partial charge in [0.1, 0.15) is 10.8 Å². The highest BCUT2D eigenvalue weighted by Gasteiger charge is 2.21. The Morgan fingerprint density at radius 2 is 2.11 bits per heavy atom. The summed E-state index contributed by atoms with van der Waals surface area (Å²) in [6.45, 7) is 1.48. The topological polar surface area (TPSA) is 38.5 Å². The summed E-state index contributed by atoms with van der Waals surface area (Å²) in [5, 5.41) is 0. The van der Waals surface area contributed by atoms with Gasteiger partial charge >= 0.3 is 0 Å². The van der Waals surface area contributed by atoms with E-state index >= 15 is 0 Å². The number of hydrogen-bond donors (Lipinski definition) is 1. The second kappa shape index (κ2) is 5.63. The fraction of sp³-hybridized carbons (Fsp3) is 0.462. The molecule has 0 bridgehead atoms. The van der Waals surface area contributed by atoms with Crippen molar-refractivity contribution < 1.29 is 9.13 Å². The average Bonchev–Trinajstić information content (AvgIpc) is 2.38. The molecular weight excluding hydrogens is 251 g/mol. The van der Waals surface area contributed by atoms with E-state index in [0.29, 0.717) is 17.3 Å². The van der Waals surface area contributed by atoms with Crippen LogP contribution < -0.4 is 10.6 Å². The van der Waals surface area contributed by atoms with Gasteiger partial charge in [0.2, 0.25) is 0 Å². The van der Waals surface area contributed by atoms with Crippen LogP contribution >= 0.6 is 12.2 Å². The van der Waals surface area contributed by atoms with Crippen LogP contribution in [0.15, 0.2) is 18.2 Å². The van der Waals surface area contributed by atoms with Gasteiger partial charge in [0.25, 0.3) is 0 Å². The molecule has 1 aliphatic rings. The highest BCUT2D eigenvalue weighted by Crippen LogP contribution is 2.24. The molecule has 2 rings (SSSR count). The third-order valence-electron chi connectivity index (χ3n) is 3.35. The number of hydrogen-bond acceptors (Lipinski definition) is 3. The zero-order valence-corrected chi connectivity index (χ0v) is 11.2. The molecule has 5 heteroatoms. The van der Waals surface area contributed by atoms with Crippen molar-refractivity contribution in [3.63, 3.8) is 0 Å². The summed E-state index contributed by atoms with van der Waals surface area (Å²) in [7, 11) is 1.91. The molecule has 0 spiro atoms. The lowest BCUT2D eigenvalue weighted by molar-refractivity contribution is 0.0853. The van der Waals surface area contributed by atoms with Crippen LogP contribution in [0.5, 0.6) is 0 Å². The lowest BCUT2D eigenvalue weighted by Gasteiger charge is -2.33. The van der Waals surface area contributed by atoms with E-state index in [0.717, 1.165) is 26.1 Å². The fourth-order valence-electron chi connectivity index (χ4n) is 2.22. The van der Waals surface area contributed by atoms with Crippen LogP contribution in [0.25, 0.3) is 0 Å². The van der Waals surface area contributed by atoms with E-state index < -0.39 is 0 Å². The van der Waals surface area contributed by atoms with Crippen LogP contribution in [0.3, 0.4) is 0 Å². The van der Waals surface area contributed by atoms with Crippen LogP contribution in [0, 0.1) is 5.82 Å². The van der Waals surface area contributed by atoms with Gasteiger partial charge in [0.15, 0.2) is 0 Å². The number of nitrogens with two attached hydrogens (primary N) is 1. The second-order valence-corrected chi connectivity index (χ2v) is 4.92. The Balaban J connectivity index is 2.19. The van der Waals surface area contributed by atoms with Crippen molar-refractivity contribution in [2.75, 3.05) is 25.2 Å². The first-order valence-electron chi connectivity index (χ1n) is 5.99. The van der Waals surface area contributed by atoms with Crippen molar-refractivity contribution in [1.29, 1.82) is 0 Å². The molecular formula is C13H17FN2OS. The fourth-order valence-corrected chi connectivity index (χ4v) is 2.34. The summed E-state index contributed by atoms with van der Waals surface area (Å²) in [4.78, 5) is 2.19. The van der Waals surface area contributed by atoms with Gasteiger partial charge in [-0.25, -0.2) is 4.39 Å². The number of anilines is 1. The molecule has 0 unspecified atom stereocenters. The van der Waals surface area contributed by atoms with Gasteiger partial charge in [0, 0.05) is 31.9 Å². The van der Waals surface area contributed by atoms with Gasteiger partial charge in [-0.2, -0.15) is 0 Å². The van der Waals surface area contributed by atoms with Gasteiger partial charge in [-0.1, -0.05) is 12.2 Å². The molecule has 1 saturated heterocycles. The SMILES string of the molecule is CN(c1ccc(C(N)=S)cc1F)C1CCOCC1. The monoisotopic (exact) mass is 268 g/mol. The maximum absolute atomic E-state index is 14.0. The summed E-state index contributed by atoms with van der Waals surface area (Å²) in [6, 6.07) is 5.22. The predicted molar refractivity (Wildman–Crippen MR) is 74.5 cm³/mol. The molecule has 1 fully saturated rings. The highest BCUT2D eigenvalue weighted by atomic mass is 32.1. The van der Waals surface area contributed by atoms with Crippen molar-refractivity contribution in [1.82, 2.24) is 0 Å². The van der Waals surface area contributed by atoms with Crippen molar-refractivity contribution in [2.24, 2.45) is 5.73 Å². The summed E-state index contributed by atoms with van der Waals surface area (Å²) in [5.74, 6) is -0.283. The van der Waals surface area contributed by atoms with Crippen LogP contribution in [-0.2, 0) is 4.74 Å². The molecule has 3 nitrogen and oxygen atoms in total. The van der Waals surface area contributed by atoms with E-state index in [4.69, 9.17) is 22.7 Å². The summed E-state index contributed by atoms with van der Waals surface area (Å²) < 4.78 is 19.3. The summed E-state index contributed by atoms with van der Waals surface area (Å²) in [5.41, 5.74) is 6.63. The molecule has 18 heavy (non-hydrogen) atoms. The Labute approximate surface area is 112 Å². The molecule has 2 N–H and O–H groups in total.